The Morgan fingerprint density at radius 2 is 1.97 bits per heavy atom. The van der Waals surface area contributed by atoms with E-state index in [0.717, 1.165) is 49.8 Å². The summed E-state index contributed by atoms with van der Waals surface area (Å²) in [6.45, 7) is 1.88. The second kappa shape index (κ2) is 8.68. The molecule has 156 valence electrons. The predicted octanol–water partition coefficient (Wildman–Crippen LogP) is 4.76. The molecule has 0 aliphatic rings. The molecule has 0 spiro atoms. The van der Waals surface area contributed by atoms with Crippen LogP contribution in [0.15, 0.2) is 60.1 Å². The first-order chi connectivity index (χ1) is 15.5. The standard InChI is InChI=1S/C22H15FN5OS2.In/c1-13-20(28-11-14(23)7-9-18(28)24-13)16-12-30-22(26-16)27-19-10-8-17(31-19)21(29)25-15-5-3-2-4-6-15;/h2-5,7-12H,1H3,(H,25,29)(H,26,27);. The second-order valence-corrected chi connectivity index (χ2v) is 10.7. The molecular weight excluding hydrogens is 548 g/mol. The fraction of sp³-hybridized carbons (Fsp3) is 0.0455. The Morgan fingerprint density at radius 1 is 1.12 bits per heavy atom. The number of pyridine rings is 1. The molecule has 4 aromatic heterocycles. The number of benzene rings is 1. The van der Waals surface area contributed by atoms with Crippen LogP contribution in [0.4, 0.5) is 20.2 Å². The number of thiazole rings is 1. The van der Waals surface area contributed by atoms with Crippen molar-refractivity contribution in [1.29, 1.82) is 0 Å². The summed E-state index contributed by atoms with van der Waals surface area (Å²) in [4.78, 5) is 22.4. The molecule has 5 rings (SSSR count). The Bertz CT molecular complexity index is 1460. The van der Waals surface area contributed by atoms with E-state index < -0.39 is 0 Å². The van der Waals surface area contributed by atoms with Gasteiger partial charge in [0.2, 0.25) is 0 Å². The van der Waals surface area contributed by atoms with Crippen LogP contribution < -0.4 is 14.0 Å². The maximum atomic E-state index is 13.8. The van der Waals surface area contributed by atoms with E-state index in [-0.39, 0.29) is 11.7 Å². The minimum absolute atomic E-state index is 0.131. The van der Waals surface area contributed by atoms with Crippen molar-refractivity contribution in [3.63, 3.8) is 0 Å². The molecule has 0 bridgehead atoms. The number of amides is 1. The molecule has 0 unspecified atom stereocenters. The summed E-state index contributed by atoms with van der Waals surface area (Å²) < 4.78 is 16.6. The van der Waals surface area contributed by atoms with E-state index in [9.17, 15) is 9.18 Å². The van der Waals surface area contributed by atoms with Gasteiger partial charge in [-0.25, -0.2) is 9.37 Å². The molecule has 6 nitrogen and oxygen atoms in total. The van der Waals surface area contributed by atoms with Gasteiger partial charge >= 0.3 is 151 Å². The molecule has 10 heteroatoms. The van der Waals surface area contributed by atoms with E-state index in [0.29, 0.717) is 21.3 Å². The number of anilines is 3. The van der Waals surface area contributed by atoms with Crippen LogP contribution in [0, 0.1) is 12.7 Å². The van der Waals surface area contributed by atoms with Gasteiger partial charge in [-0.1, -0.05) is 0 Å². The number of aromatic nitrogens is 3. The summed E-state index contributed by atoms with van der Waals surface area (Å²) >= 11 is 3.73. The fourth-order valence-electron chi connectivity index (χ4n) is 3.31. The topological polar surface area (TPSA) is 71.3 Å². The number of imidazole rings is 1. The van der Waals surface area contributed by atoms with Gasteiger partial charge in [0, 0.05) is 6.20 Å². The van der Waals surface area contributed by atoms with Crippen LogP contribution in [0.2, 0.25) is 0 Å². The van der Waals surface area contributed by atoms with Crippen molar-refractivity contribution in [2.24, 2.45) is 0 Å². The second-order valence-electron chi connectivity index (χ2n) is 6.99. The van der Waals surface area contributed by atoms with Crippen LogP contribution in [0.1, 0.15) is 15.4 Å². The van der Waals surface area contributed by atoms with E-state index in [1.54, 1.807) is 16.5 Å². The molecule has 5 aromatic rings. The first kappa shape index (κ1) is 21.2. The summed E-state index contributed by atoms with van der Waals surface area (Å²) in [5.74, 6) is -0.463. The number of rotatable bonds is 5. The Balaban J connectivity index is 1.34. The number of thiophene rings is 1. The van der Waals surface area contributed by atoms with Gasteiger partial charge in [0.15, 0.2) is 0 Å². The molecule has 4 heterocycles. The van der Waals surface area contributed by atoms with Crippen LogP contribution in [-0.2, 0) is 0 Å². The van der Waals surface area contributed by atoms with E-state index in [4.69, 9.17) is 0 Å². The molecule has 0 saturated heterocycles. The molecule has 0 fully saturated rings. The molecule has 0 aliphatic carbocycles. The molecule has 32 heavy (non-hydrogen) atoms. The quantitative estimate of drug-likeness (QED) is 0.324. The van der Waals surface area contributed by atoms with Crippen molar-refractivity contribution in [1.82, 2.24) is 14.4 Å². The molecule has 2 radical (unpaired) electrons. The number of hydrogen-bond acceptors (Lipinski definition) is 6. The number of carbonyl (C=O) groups is 1. The first-order valence-electron chi connectivity index (χ1n) is 9.61. The molecule has 0 aliphatic heterocycles. The average Bonchev–Trinajstić information content (AvgIpc) is 3.48. The van der Waals surface area contributed by atoms with Gasteiger partial charge in [0.1, 0.15) is 11.5 Å². The van der Waals surface area contributed by atoms with Crippen molar-refractivity contribution in [2.45, 2.75) is 6.92 Å². The number of nitrogens with one attached hydrogen (secondary N) is 2. The molecule has 0 saturated carbocycles. The zero-order valence-electron chi connectivity index (χ0n) is 16.8. The number of aryl methyl sites for hydroxylation is 1. The summed E-state index contributed by atoms with van der Waals surface area (Å²) in [5.41, 5.74) is 3.78. The van der Waals surface area contributed by atoms with Crippen molar-refractivity contribution < 1.29 is 9.18 Å². The number of nitrogens with zero attached hydrogens (tertiary/aromatic N) is 3. The number of fused-ring (bicyclic) bond motifs is 1. The monoisotopic (exact) mass is 563 g/mol. The molecule has 1 aromatic carbocycles. The van der Waals surface area contributed by atoms with E-state index in [1.165, 1.54) is 34.9 Å². The number of hydrogen-bond donors (Lipinski definition) is 2. The van der Waals surface area contributed by atoms with Gasteiger partial charge in [-0.15, -0.1) is 0 Å². The van der Waals surface area contributed by atoms with Crippen molar-refractivity contribution in [3.05, 3.63) is 76.5 Å². The van der Waals surface area contributed by atoms with Gasteiger partial charge < -0.3 is 0 Å². The van der Waals surface area contributed by atoms with E-state index in [2.05, 4.69) is 20.6 Å². The molecular formula is C22H15FInN5OS2. The Morgan fingerprint density at radius 3 is 2.81 bits per heavy atom. The van der Waals surface area contributed by atoms with Crippen LogP contribution in [0.25, 0.3) is 17.0 Å². The third-order valence-corrected chi connectivity index (χ3v) is 7.97. The van der Waals surface area contributed by atoms with Crippen LogP contribution >= 0.6 is 22.7 Å². The van der Waals surface area contributed by atoms with E-state index >= 15 is 0 Å². The van der Waals surface area contributed by atoms with Crippen molar-refractivity contribution in [2.75, 3.05) is 10.6 Å². The summed E-state index contributed by atoms with van der Waals surface area (Å²) in [6.07, 6.45) is 1.41. The van der Waals surface area contributed by atoms with Gasteiger partial charge in [-0.05, 0) is 19.1 Å². The van der Waals surface area contributed by atoms with Crippen LogP contribution in [0.3, 0.4) is 0 Å². The van der Waals surface area contributed by atoms with Crippen molar-refractivity contribution in [3.8, 4) is 11.4 Å². The van der Waals surface area contributed by atoms with Gasteiger partial charge in [0.25, 0.3) is 0 Å². The molecule has 0 atom stereocenters. The Labute approximate surface area is 205 Å². The van der Waals surface area contributed by atoms with E-state index in [1.807, 2.05) is 42.6 Å². The fourth-order valence-corrected chi connectivity index (χ4v) is 5.68. The number of para-hydroxylation sites is 1. The zero-order chi connectivity index (χ0) is 22.2. The predicted molar refractivity (Wildman–Crippen MR) is 128 cm³/mol. The normalized spacial score (nSPS) is 11.1. The SMILES string of the molecule is Cc1nc2ccc(F)cn2c1-c1csc(Nc2ccc(C(=O)Nc3cccc[c]3[In])s2)n1. The molecule has 1 amide bonds. The minimum atomic E-state index is -0.331. The Kier molecular flexibility index (Phi) is 5.75. The van der Waals surface area contributed by atoms with Crippen LogP contribution in [-0.4, -0.2) is 44.7 Å². The maximum absolute atomic E-state index is 13.8. The summed E-state index contributed by atoms with van der Waals surface area (Å²) in [7, 11) is 0. The Hall–Kier alpha value is -2.69. The van der Waals surface area contributed by atoms with Gasteiger partial charge in [0.05, 0.1) is 5.69 Å². The summed E-state index contributed by atoms with van der Waals surface area (Å²) in [5, 5.41) is 9.65. The first-order valence-corrected chi connectivity index (χ1v) is 12.9. The van der Waals surface area contributed by atoms with Crippen LogP contribution in [0.5, 0.6) is 0 Å². The third kappa shape index (κ3) is 4.17. The zero-order valence-corrected chi connectivity index (χ0v) is 21.7. The summed E-state index contributed by atoms with van der Waals surface area (Å²) in [6, 6.07) is 14.5. The molecule has 2 N–H and O–H groups in total. The number of halogens is 1. The third-order valence-electron chi connectivity index (χ3n) is 4.77. The van der Waals surface area contributed by atoms with Gasteiger partial charge in [-0.2, -0.15) is 0 Å². The van der Waals surface area contributed by atoms with Gasteiger partial charge in [-0.3, -0.25) is 4.40 Å². The average molecular weight is 563 g/mol. The number of carbonyl (C=O) groups excluding carboxylic acids is 1. The van der Waals surface area contributed by atoms with Crippen molar-refractivity contribution >= 4 is 77.7 Å².